The number of rotatable bonds is 9. The third-order valence-corrected chi connectivity index (χ3v) is 3.87. The minimum atomic E-state index is -0.0479. The summed E-state index contributed by atoms with van der Waals surface area (Å²) in [7, 11) is 0. The molecule has 4 nitrogen and oxygen atoms in total. The number of benzene rings is 2. The summed E-state index contributed by atoms with van der Waals surface area (Å²) >= 11 is 0. The van der Waals surface area contributed by atoms with Gasteiger partial charge in [0.15, 0.2) is 0 Å². The fourth-order valence-corrected chi connectivity index (χ4v) is 2.50. The Morgan fingerprint density at radius 2 is 1.80 bits per heavy atom. The Bertz CT molecular complexity index is 690. The number of carbonyl (C=O) groups is 1. The van der Waals surface area contributed by atoms with Crippen molar-refractivity contribution in [2.45, 2.75) is 26.2 Å². The van der Waals surface area contributed by atoms with Gasteiger partial charge in [-0.2, -0.15) is 5.26 Å². The van der Waals surface area contributed by atoms with Gasteiger partial charge in [0.2, 0.25) is 0 Å². The lowest BCUT2D eigenvalue weighted by atomic mass is 10.1. The quantitative estimate of drug-likeness (QED) is 0.693. The van der Waals surface area contributed by atoms with Crippen molar-refractivity contribution in [2.24, 2.45) is 0 Å². The second kappa shape index (κ2) is 10.1. The molecule has 4 heteroatoms. The fourth-order valence-electron chi connectivity index (χ4n) is 2.50. The minimum absolute atomic E-state index is 0.0479. The molecule has 0 saturated heterocycles. The van der Waals surface area contributed by atoms with Gasteiger partial charge in [0.1, 0.15) is 5.75 Å². The molecule has 0 N–H and O–H groups in total. The summed E-state index contributed by atoms with van der Waals surface area (Å²) in [5.41, 5.74) is 1.80. The molecule has 0 aliphatic carbocycles. The van der Waals surface area contributed by atoms with E-state index < -0.39 is 0 Å². The van der Waals surface area contributed by atoms with Crippen LogP contribution in [-0.2, 0) is 6.42 Å². The van der Waals surface area contributed by atoms with Crippen LogP contribution in [0.25, 0.3) is 0 Å². The number of nitriles is 1. The summed E-state index contributed by atoms with van der Waals surface area (Å²) < 4.78 is 5.55. The zero-order chi connectivity index (χ0) is 17.9. The Hall–Kier alpha value is -2.80. The molecule has 2 aromatic carbocycles. The highest BCUT2D eigenvalue weighted by atomic mass is 16.5. The summed E-state index contributed by atoms with van der Waals surface area (Å²) in [5, 5.41) is 8.87. The van der Waals surface area contributed by atoms with E-state index >= 15 is 0 Å². The van der Waals surface area contributed by atoms with E-state index in [4.69, 9.17) is 10.00 Å². The Labute approximate surface area is 149 Å². The van der Waals surface area contributed by atoms with Gasteiger partial charge in [0, 0.05) is 18.7 Å². The Morgan fingerprint density at radius 1 is 1.08 bits per heavy atom. The lowest BCUT2D eigenvalue weighted by Gasteiger charge is -2.22. The first-order valence-electron chi connectivity index (χ1n) is 8.67. The molecular formula is C21H24N2O2. The van der Waals surface area contributed by atoms with Crippen molar-refractivity contribution < 1.29 is 9.53 Å². The predicted molar refractivity (Wildman–Crippen MR) is 98.5 cm³/mol. The molecule has 25 heavy (non-hydrogen) atoms. The fraction of sp³-hybridized carbons (Fsp3) is 0.333. The first-order chi connectivity index (χ1) is 12.2. The van der Waals surface area contributed by atoms with Gasteiger partial charge >= 0.3 is 0 Å². The molecule has 0 spiro atoms. The number of hydrogen-bond donors (Lipinski definition) is 0. The van der Waals surface area contributed by atoms with Crippen molar-refractivity contribution in [3.8, 4) is 11.8 Å². The van der Waals surface area contributed by atoms with Crippen molar-refractivity contribution in [3.05, 3.63) is 65.7 Å². The van der Waals surface area contributed by atoms with Gasteiger partial charge in [-0.15, -0.1) is 0 Å². The van der Waals surface area contributed by atoms with E-state index in [0.29, 0.717) is 31.7 Å². The van der Waals surface area contributed by atoms with Gasteiger partial charge in [0.25, 0.3) is 5.91 Å². The molecule has 2 rings (SSSR count). The molecule has 0 heterocycles. The number of hydrogen-bond acceptors (Lipinski definition) is 3. The summed E-state index contributed by atoms with van der Waals surface area (Å²) in [6.45, 7) is 3.76. The Morgan fingerprint density at radius 3 is 2.44 bits per heavy atom. The van der Waals surface area contributed by atoms with E-state index in [9.17, 15) is 4.79 Å². The zero-order valence-electron chi connectivity index (χ0n) is 14.6. The van der Waals surface area contributed by atoms with Crippen LogP contribution in [0.1, 0.15) is 35.7 Å². The molecule has 0 aliphatic rings. The lowest BCUT2D eigenvalue weighted by Crippen LogP contribution is -2.33. The molecule has 0 fully saturated rings. The van der Waals surface area contributed by atoms with Crippen molar-refractivity contribution in [1.29, 1.82) is 5.26 Å². The zero-order valence-corrected chi connectivity index (χ0v) is 14.6. The monoisotopic (exact) mass is 336 g/mol. The Kier molecular flexibility index (Phi) is 7.52. The molecule has 0 bridgehead atoms. The van der Waals surface area contributed by atoms with Gasteiger partial charge in [-0.25, -0.2) is 0 Å². The van der Waals surface area contributed by atoms with Crippen LogP contribution in [0.4, 0.5) is 0 Å². The summed E-state index contributed by atoms with van der Waals surface area (Å²) in [4.78, 5) is 14.5. The number of ether oxygens (including phenoxy) is 1. The molecule has 0 aromatic heterocycles. The smallest absolute Gasteiger partial charge is 0.253 e. The topological polar surface area (TPSA) is 53.3 Å². The summed E-state index contributed by atoms with van der Waals surface area (Å²) in [5.74, 6) is 0.722. The van der Waals surface area contributed by atoms with Crippen LogP contribution in [0.3, 0.4) is 0 Å². The molecule has 1 amide bonds. The van der Waals surface area contributed by atoms with Crippen LogP contribution >= 0.6 is 0 Å². The highest BCUT2D eigenvalue weighted by Crippen LogP contribution is 2.15. The van der Waals surface area contributed by atoms with E-state index in [-0.39, 0.29) is 5.91 Å². The normalized spacial score (nSPS) is 10.1. The van der Waals surface area contributed by atoms with Crippen molar-refractivity contribution in [2.75, 3.05) is 19.7 Å². The maximum atomic E-state index is 12.8. The van der Waals surface area contributed by atoms with Crippen molar-refractivity contribution in [1.82, 2.24) is 4.90 Å². The highest BCUT2D eigenvalue weighted by Gasteiger charge is 2.15. The van der Waals surface area contributed by atoms with Crippen LogP contribution in [-0.4, -0.2) is 30.5 Å². The van der Waals surface area contributed by atoms with Gasteiger partial charge in [-0.05, 0) is 42.7 Å². The van der Waals surface area contributed by atoms with Gasteiger partial charge in [-0.1, -0.05) is 37.3 Å². The van der Waals surface area contributed by atoms with E-state index in [2.05, 4.69) is 13.0 Å². The lowest BCUT2D eigenvalue weighted by molar-refractivity contribution is 0.0761. The molecule has 0 atom stereocenters. The first kappa shape index (κ1) is 18.5. The van der Waals surface area contributed by atoms with Crippen molar-refractivity contribution in [3.63, 3.8) is 0 Å². The molecule has 0 aliphatic heterocycles. The largest absolute Gasteiger partial charge is 0.494 e. The van der Waals surface area contributed by atoms with Gasteiger partial charge < -0.3 is 9.64 Å². The maximum Gasteiger partial charge on any atom is 0.253 e. The number of carbonyl (C=O) groups excluding carboxylic acids is 1. The Balaban J connectivity index is 2.02. The van der Waals surface area contributed by atoms with Gasteiger partial charge in [-0.3, -0.25) is 4.79 Å². The van der Waals surface area contributed by atoms with E-state index in [0.717, 1.165) is 18.6 Å². The third-order valence-electron chi connectivity index (χ3n) is 3.87. The second-order valence-electron chi connectivity index (χ2n) is 5.81. The standard InChI is InChI=1S/C21H24N2O2/c1-2-17-25-20-11-9-19(10-12-20)21(24)23(15-6-14-22)16-13-18-7-4-3-5-8-18/h3-5,7-12H,2,6,13,15-17H2,1H3. The molecule has 130 valence electrons. The van der Waals surface area contributed by atoms with Gasteiger partial charge in [0.05, 0.1) is 19.1 Å². The SMILES string of the molecule is CCCOc1ccc(C(=O)N(CCC#N)CCc2ccccc2)cc1. The van der Waals surface area contributed by atoms with Crippen LogP contribution in [0, 0.1) is 11.3 Å². The molecule has 0 unspecified atom stereocenters. The van der Waals surface area contributed by atoms with Crippen LogP contribution in [0.15, 0.2) is 54.6 Å². The van der Waals surface area contributed by atoms with Crippen LogP contribution in [0.2, 0.25) is 0 Å². The molecule has 0 saturated carbocycles. The average Bonchev–Trinajstić information content (AvgIpc) is 2.67. The molecule has 2 aromatic rings. The third kappa shape index (κ3) is 5.96. The van der Waals surface area contributed by atoms with Crippen LogP contribution in [0.5, 0.6) is 5.75 Å². The minimum Gasteiger partial charge on any atom is -0.494 e. The average molecular weight is 336 g/mol. The number of amides is 1. The van der Waals surface area contributed by atoms with E-state index in [1.807, 2.05) is 42.5 Å². The number of nitrogens with zero attached hydrogens (tertiary/aromatic N) is 2. The first-order valence-corrected chi connectivity index (χ1v) is 8.67. The second-order valence-corrected chi connectivity index (χ2v) is 5.81. The molecule has 0 radical (unpaired) electrons. The van der Waals surface area contributed by atoms with E-state index in [1.165, 1.54) is 5.56 Å². The molecular weight excluding hydrogens is 312 g/mol. The highest BCUT2D eigenvalue weighted by molar-refractivity contribution is 5.94. The van der Waals surface area contributed by atoms with E-state index in [1.54, 1.807) is 17.0 Å². The predicted octanol–water partition coefficient (Wildman–Crippen LogP) is 4.07. The summed E-state index contributed by atoms with van der Waals surface area (Å²) in [6, 6.07) is 19.4. The summed E-state index contributed by atoms with van der Waals surface area (Å²) in [6.07, 6.45) is 2.05. The van der Waals surface area contributed by atoms with Crippen LogP contribution < -0.4 is 4.74 Å². The van der Waals surface area contributed by atoms with Crippen molar-refractivity contribution >= 4 is 5.91 Å². The maximum absolute atomic E-state index is 12.8.